The minimum Gasteiger partial charge on any atom is -0.265 e. The minimum absolute atomic E-state index is 0.0932. The summed E-state index contributed by atoms with van der Waals surface area (Å²) in [5.74, 6) is 0.429. The second kappa shape index (κ2) is 3.43. The minimum atomic E-state index is 0.0932. The number of fused-ring (bicyclic) bond motifs is 3. The van der Waals surface area contributed by atoms with Gasteiger partial charge in [0.2, 0.25) is 0 Å². The number of hydrogen-bond acceptors (Lipinski definition) is 1. The fourth-order valence-corrected chi connectivity index (χ4v) is 3.33. The maximum Gasteiger partial charge on any atom is 0.0306 e. The molecular weight excluding hydrogens is 206 g/mol. The molecule has 1 aliphatic heterocycles. The van der Waals surface area contributed by atoms with Crippen LogP contribution in [0.1, 0.15) is 20.8 Å². The van der Waals surface area contributed by atoms with Crippen LogP contribution in [0, 0.1) is 11.3 Å². The van der Waals surface area contributed by atoms with Gasteiger partial charge >= 0.3 is 0 Å². The Balaban J connectivity index is 2.20. The zero-order valence-corrected chi connectivity index (χ0v) is 10.6. The van der Waals surface area contributed by atoms with E-state index in [2.05, 4.69) is 56.1 Å². The van der Waals surface area contributed by atoms with Crippen LogP contribution >= 0.6 is 0 Å². The molecule has 0 unspecified atom stereocenters. The summed E-state index contributed by atoms with van der Waals surface area (Å²) in [7, 11) is 0. The molecule has 3 rings (SSSR count). The first-order valence-electron chi connectivity index (χ1n) is 6.11. The van der Waals surface area contributed by atoms with Crippen LogP contribution in [0.5, 0.6) is 0 Å². The van der Waals surface area contributed by atoms with E-state index in [-0.39, 0.29) is 5.41 Å². The molecule has 86 valence electrons. The van der Waals surface area contributed by atoms with Crippen molar-refractivity contribution in [1.29, 1.82) is 0 Å². The Morgan fingerprint density at radius 2 is 2.06 bits per heavy atom. The summed E-state index contributed by atoms with van der Waals surface area (Å²) >= 11 is 0. The summed E-state index contributed by atoms with van der Waals surface area (Å²) in [6, 6.07) is 0. The van der Waals surface area contributed by atoms with E-state index in [1.807, 2.05) is 12.4 Å². The number of allylic oxidation sites excluding steroid dienone is 9. The maximum atomic E-state index is 4.23. The highest BCUT2D eigenvalue weighted by Crippen LogP contribution is 2.50. The Labute approximate surface area is 103 Å². The maximum absolute atomic E-state index is 4.23. The van der Waals surface area contributed by atoms with Gasteiger partial charge in [-0.05, 0) is 30.6 Å². The second-order valence-corrected chi connectivity index (χ2v) is 5.34. The third-order valence-corrected chi connectivity index (χ3v) is 4.01. The topological polar surface area (TPSA) is 12.4 Å². The molecule has 3 aliphatic rings. The van der Waals surface area contributed by atoms with Gasteiger partial charge < -0.3 is 0 Å². The van der Waals surface area contributed by atoms with Crippen molar-refractivity contribution < 1.29 is 0 Å². The fraction of sp³-hybridized carbons (Fsp3) is 0.312. The molecule has 0 spiro atoms. The Hall–Kier alpha value is -1.63. The van der Waals surface area contributed by atoms with Crippen LogP contribution in [0.4, 0.5) is 0 Å². The molecule has 1 heteroatoms. The third-order valence-electron chi connectivity index (χ3n) is 4.01. The first-order valence-corrected chi connectivity index (χ1v) is 6.11. The zero-order chi connectivity index (χ0) is 12.0. The van der Waals surface area contributed by atoms with E-state index < -0.39 is 0 Å². The highest BCUT2D eigenvalue weighted by atomic mass is 14.7. The Morgan fingerprint density at radius 3 is 2.88 bits per heavy atom. The van der Waals surface area contributed by atoms with E-state index >= 15 is 0 Å². The van der Waals surface area contributed by atoms with Gasteiger partial charge in [0.05, 0.1) is 0 Å². The summed E-state index contributed by atoms with van der Waals surface area (Å²) in [5, 5.41) is 0. The summed E-state index contributed by atoms with van der Waals surface area (Å²) in [6.45, 7) is 6.73. The van der Waals surface area contributed by atoms with Gasteiger partial charge in [0, 0.05) is 23.7 Å². The molecule has 0 amide bonds. The highest BCUT2D eigenvalue weighted by molar-refractivity contribution is 5.84. The van der Waals surface area contributed by atoms with Crippen molar-refractivity contribution in [1.82, 2.24) is 0 Å². The van der Waals surface area contributed by atoms with E-state index in [0.29, 0.717) is 5.92 Å². The third kappa shape index (κ3) is 1.42. The summed E-state index contributed by atoms with van der Waals surface area (Å²) in [6.07, 6.45) is 15.3. The Morgan fingerprint density at radius 1 is 1.24 bits per heavy atom. The van der Waals surface area contributed by atoms with Gasteiger partial charge in [-0.25, -0.2) is 0 Å². The van der Waals surface area contributed by atoms with Crippen molar-refractivity contribution in [3.63, 3.8) is 0 Å². The first kappa shape index (κ1) is 10.5. The molecular formula is C16H17N. The molecule has 17 heavy (non-hydrogen) atoms. The molecule has 1 nitrogen and oxygen atoms in total. The summed E-state index contributed by atoms with van der Waals surface area (Å²) < 4.78 is 0. The van der Waals surface area contributed by atoms with Gasteiger partial charge in [-0.3, -0.25) is 4.99 Å². The molecule has 0 saturated heterocycles. The van der Waals surface area contributed by atoms with Crippen molar-refractivity contribution in [2.24, 2.45) is 16.3 Å². The van der Waals surface area contributed by atoms with E-state index in [1.54, 1.807) is 0 Å². The molecule has 0 N–H and O–H groups in total. The van der Waals surface area contributed by atoms with Gasteiger partial charge in [-0.2, -0.15) is 0 Å². The lowest BCUT2D eigenvalue weighted by atomic mass is 9.61. The number of nitrogens with zero attached hydrogens (tertiary/aromatic N) is 1. The van der Waals surface area contributed by atoms with Crippen molar-refractivity contribution >= 4 is 6.21 Å². The number of hydrogen-bond donors (Lipinski definition) is 0. The van der Waals surface area contributed by atoms with Crippen LogP contribution in [-0.2, 0) is 0 Å². The van der Waals surface area contributed by atoms with E-state index in [4.69, 9.17) is 0 Å². The normalized spacial score (nSPS) is 34.2. The van der Waals surface area contributed by atoms with Crippen LogP contribution < -0.4 is 0 Å². The van der Waals surface area contributed by atoms with Gasteiger partial charge in [0.1, 0.15) is 0 Å². The molecule has 0 aromatic heterocycles. The Kier molecular flexibility index (Phi) is 2.12. The van der Waals surface area contributed by atoms with Crippen molar-refractivity contribution in [2.75, 3.05) is 0 Å². The summed E-state index contributed by atoms with van der Waals surface area (Å²) in [5.41, 5.74) is 5.60. The van der Waals surface area contributed by atoms with Gasteiger partial charge in [-0.1, -0.05) is 42.9 Å². The monoisotopic (exact) mass is 223 g/mol. The molecule has 0 saturated carbocycles. The van der Waals surface area contributed by atoms with E-state index in [1.165, 1.54) is 22.3 Å². The van der Waals surface area contributed by atoms with Crippen molar-refractivity contribution in [3.8, 4) is 0 Å². The van der Waals surface area contributed by atoms with Crippen LogP contribution in [0.2, 0.25) is 0 Å². The van der Waals surface area contributed by atoms with E-state index in [9.17, 15) is 0 Å². The first-order chi connectivity index (χ1) is 8.11. The second-order valence-electron chi connectivity index (χ2n) is 5.34. The lowest BCUT2D eigenvalue weighted by Gasteiger charge is -2.42. The van der Waals surface area contributed by atoms with Crippen LogP contribution in [0.15, 0.2) is 63.9 Å². The SMILES string of the molecule is CC1=C[C@]2(C)C(=CC=C3C=NC=C[C@H]32)C(C)=C1. The van der Waals surface area contributed by atoms with Crippen LogP contribution in [0.25, 0.3) is 0 Å². The molecule has 1 heterocycles. The number of rotatable bonds is 0. The fourth-order valence-electron chi connectivity index (χ4n) is 3.33. The van der Waals surface area contributed by atoms with Crippen molar-refractivity contribution in [2.45, 2.75) is 20.8 Å². The molecule has 0 aromatic carbocycles. The van der Waals surface area contributed by atoms with Gasteiger partial charge in [0.15, 0.2) is 0 Å². The molecule has 0 fully saturated rings. The lowest BCUT2D eigenvalue weighted by molar-refractivity contribution is 0.416. The molecule has 0 radical (unpaired) electrons. The zero-order valence-electron chi connectivity index (χ0n) is 10.6. The van der Waals surface area contributed by atoms with Crippen molar-refractivity contribution in [3.05, 3.63) is 58.9 Å². The standard InChI is InChI=1S/C16H17N/c1-11-8-12(2)14-5-4-13-10-17-7-6-15(13)16(14,3)9-11/h4-10,15H,1-3H3/t15-,16-/m1/s1. The molecule has 0 aromatic rings. The molecule has 2 atom stereocenters. The van der Waals surface area contributed by atoms with E-state index in [0.717, 1.165) is 0 Å². The average molecular weight is 223 g/mol. The Bertz CT molecular complexity index is 552. The number of aliphatic imine (C=N–C) groups is 1. The lowest BCUT2D eigenvalue weighted by Crippen LogP contribution is -2.33. The average Bonchev–Trinajstić information content (AvgIpc) is 2.28. The quantitative estimate of drug-likeness (QED) is 0.589. The van der Waals surface area contributed by atoms with Gasteiger partial charge in [-0.15, -0.1) is 0 Å². The predicted molar refractivity (Wildman–Crippen MR) is 72.9 cm³/mol. The smallest absolute Gasteiger partial charge is 0.0306 e. The largest absolute Gasteiger partial charge is 0.265 e. The molecule has 0 bridgehead atoms. The molecule has 2 aliphatic carbocycles. The summed E-state index contributed by atoms with van der Waals surface area (Å²) in [4.78, 5) is 4.23. The van der Waals surface area contributed by atoms with Crippen LogP contribution in [0.3, 0.4) is 0 Å². The predicted octanol–water partition coefficient (Wildman–Crippen LogP) is 3.98. The highest BCUT2D eigenvalue weighted by Gasteiger charge is 2.40. The van der Waals surface area contributed by atoms with Crippen LogP contribution in [-0.4, -0.2) is 6.21 Å². The van der Waals surface area contributed by atoms with Gasteiger partial charge in [0.25, 0.3) is 0 Å².